The molecule has 0 radical (unpaired) electrons. The molecule has 120 valence electrons. The average molecular weight is 325 g/mol. The first-order valence-electron chi connectivity index (χ1n) is 7.12. The molecule has 1 aliphatic heterocycles. The molecule has 2 heterocycles. The Kier molecular flexibility index (Phi) is 6.35. The Morgan fingerprint density at radius 1 is 1.18 bits per heavy atom. The molecular weight excluding hydrogens is 306 g/mol. The number of amides is 3. The van der Waals surface area contributed by atoms with E-state index in [1.807, 2.05) is 0 Å². The smallest absolute Gasteiger partial charge is 0.261 e. The lowest BCUT2D eigenvalue weighted by atomic mass is 10.2. The molecule has 1 atom stereocenters. The van der Waals surface area contributed by atoms with Gasteiger partial charge in [-0.3, -0.25) is 14.4 Å². The summed E-state index contributed by atoms with van der Waals surface area (Å²) in [7, 11) is 0. The Bertz CT molecular complexity index is 512. The van der Waals surface area contributed by atoms with Gasteiger partial charge in [-0.25, -0.2) is 0 Å². The van der Waals surface area contributed by atoms with E-state index < -0.39 is 5.91 Å². The molecule has 0 aromatic carbocycles. The third kappa shape index (κ3) is 5.45. The van der Waals surface area contributed by atoms with Crippen LogP contribution in [0.5, 0.6) is 0 Å². The molecule has 22 heavy (non-hydrogen) atoms. The van der Waals surface area contributed by atoms with Crippen molar-refractivity contribution in [2.45, 2.75) is 18.9 Å². The summed E-state index contributed by atoms with van der Waals surface area (Å²) in [6.07, 6.45) is 2.03. The number of ether oxygens (including phenoxy) is 1. The summed E-state index contributed by atoms with van der Waals surface area (Å²) in [6.45, 7) is 0.932. The molecule has 2 rings (SSSR count). The van der Waals surface area contributed by atoms with Crippen LogP contribution in [-0.4, -0.2) is 50.1 Å². The Balaban J connectivity index is 1.56. The molecule has 0 aliphatic carbocycles. The quantitative estimate of drug-likeness (QED) is 0.652. The van der Waals surface area contributed by atoms with Crippen LogP contribution < -0.4 is 16.0 Å². The van der Waals surface area contributed by atoms with Crippen LogP contribution in [0, 0.1) is 0 Å². The summed E-state index contributed by atoms with van der Waals surface area (Å²) in [5.74, 6) is -0.974. The minimum atomic E-state index is -0.405. The van der Waals surface area contributed by atoms with E-state index >= 15 is 0 Å². The minimum absolute atomic E-state index is 0.0738. The summed E-state index contributed by atoms with van der Waals surface area (Å²) < 4.78 is 5.38. The lowest BCUT2D eigenvalue weighted by Crippen LogP contribution is -2.43. The van der Waals surface area contributed by atoms with E-state index in [1.165, 1.54) is 11.3 Å². The highest BCUT2D eigenvalue weighted by atomic mass is 32.1. The van der Waals surface area contributed by atoms with Crippen molar-refractivity contribution >= 4 is 29.1 Å². The normalized spacial score (nSPS) is 17.0. The molecule has 3 amide bonds. The molecule has 1 aromatic rings. The number of rotatable bonds is 7. The van der Waals surface area contributed by atoms with E-state index in [4.69, 9.17) is 4.74 Å². The molecule has 0 unspecified atom stereocenters. The second-order valence-electron chi connectivity index (χ2n) is 4.88. The van der Waals surface area contributed by atoms with E-state index in [-0.39, 0.29) is 31.0 Å². The fourth-order valence-corrected chi connectivity index (χ4v) is 2.63. The number of thiophene rings is 1. The Morgan fingerprint density at radius 3 is 2.64 bits per heavy atom. The van der Waals surface area contributed by atoms with Crippen molar-refractivity contribution in [2.75, 3.05) is 26.2 Å². The number of nitrogens with one attached hydrogen (secondary N) is 3. The molecule has 0 spiro atoms. The van der Waals surface area contributed by atoms with Crippen LogP contribution in [0.2, 0.25) is 0 Å². The van der Waals surface area contributed by atoms with Crippen LogP contribution in [0.4, 0.5) is 0 Å². The number of hydrogen-bond donors (Lipinski definition) is 3. The van der Waals surface area contributed by atoms with Crippen LogP contribution in [0.3, 0.4) is 0 Å². The SMILES string of the molecule is O=C(CNC(=O)CNC(=O)c1cccs1)NC[C@H]1CCCO1. The van der Waals surface area contributed by atoms with E-state index in [9.17, 15) is 14.4 Å². The second kappa shape index (κ2) is 8.50. The van der Waals surface area contributed by atoms with Crippen LogP contribution in [0.15, 0.2) is 17.5 Å². The third-order valence-corrected chi connectivity index (χ3v) is 4.02. The first-order chi connectivity index (χ1) is 10.6. The summed E-state index contributed by atoms with van der Waals surface area (Å²) in [5, 5.41) is 9.44. The second-order valence-corrected chi connectivity index (χ2v) is 5.82. The molecule has 1 aromatic heterocycles. The van der Waals surface area contributed by atoms with E-state index in [1.54, 1.807) is 17.5 Å². The Morgan fingerprint density at radius 2 is 1.95 bits per heavy atom. The molecule has 0 saturated carbocycles. The molecule has 3 N–H and O–H groups in total. The zero-order valence-corrected chi connectivity index (χ0v) is 12.9. The highest BCUT2D eigenvalue weighted by Gasteiger charge is 2.16. The van der Waals surface area contributed by atoms with Gasteiger partial charge in [0.25, 0.3) is 5.91 Å². The van der Waals surface area contributed by atoms with Crippen LogP contribution in [0.25, 0.3) is 0 Å². The standard InChI is InChI=1S/C14H19N3O4S/c18-12(15-7-10-3-1-5-21-10)8-16-13(19)9-17-14(20)11-4-2-6-22-11/h2,4,6,10H,1,3,5,7-9H2,(H,15,18)(H,16,19)(H,17,20)/t10-/m1/s1. The van der Waals surface area contributed by atoms with Crippen molar-refractivity contribution in [1.29, 1.82) is 0 Å². The van der Waals surface area contributed by atoms with Crippen molar-refractivity contribution in [3.8, 4) is 0 Å². The highest BCUT2D eigenvalue weighted by Crippen LogP contribution is 2.10. The van der Waals surface area contributed by atoms with Gasteiger partial charge in [0.05, 0.1) is 24.1 Å². The predicted molar refractivity (Wildman–Crippen MR) is 81.6 cm³/mol. The average Bonchev–Trinajstić information content (AvgIpc) is 3.21. The molecule has 0 bridgehead atoms. The van der Waals surface area contributed by atoms with Gasteiger partial charge >= 0.3 is 0 Å². The number of hydrogen-bond acceptors (Lipinski definition) is 5. The van der Waals surface area contributed by atoms with Crippen molar-refractivity contribution in [3.63, 3.8) is 0 Å². The summed E-state index contributed by atoms with van der Waals surface area (Å²) >= 11 is 1.30. The molecule has 1 fully saturated rings. The summed E-state index contributed by atoms with van der Waals surface area (Å²) in [4.78, 5) is 35.3. The van der Waals surface area contributed by atoms with E-state index in [0.717, 1.165) is 19.4 Å². The Hall–Kier alpha value is -1.93. The third-order valence-electron chi connectivity index (χ3n) is 3.15. The van der Waals surface area contributed by atoms with Gasteiger partial charge in [0.2, 0.25) is 11.8 Å². The van der Waals surface area contributed by atoms with Crippen molar-refractivity contribution in [1.82, 2.24) is 16.0 Å². The van der Waals surface area contributed by atoms with Gasteiger partial charge in [0.1, 0.15) is 0 Å². The van der Waals surface area contributed by atoms with Crippen molar-refractivity contribution in [2.24, 2.45) is 0 Å². The van der Waals surface area contributed by atoms with Crippen LogP contribution >= 0.6 is 11.3 Å². The lowest BCUT2D eigenvalue weighted by molar-refractivity contribution is -0.125. The summed E-state index contributed by atoms with van der Waals surface area (Å²) in [5.41, 5.74) is 0. The van der Waals surface area contributed by atoms with Gasteiger partial charge in [-0.05, 0) is 24.3 Å². The molecular formula is C14H19N3O4S. The Labute approximate surface area is 132 Å². The topological polar surface area (TPSA) is 96.5 Å². The van der Waals surface area contributed by atoms with Crippen LogP contribution in [-0.2, 0) is 14.3 Å². The van der Waals surface area contributed by atoms with Gasteiger partial charge in [0, 0.05) is 13.2 Å². The molecule has 8 heteroatoms. The van der Waals surface area contributed by atoms with Crippen molar-refractivity contribution < 1.29 is 19.1 Å². The lowest BCUT2D eigenvalue weighted by Gasteiger charge is -2.11. The van der Waals surface area contributed by atoms with Crippen molar-refractivity contribution in [3.05, 3.63) is 22.4 Å². The molecule has 1 aliphatic rings. The maximum absolute atomic E-state index is 11.6. The zero-order chi connectivity index (χ0) is 15.8. The number of carbonyl (C=O) groups is 3. The largest absolute Gasteiger partial charge is 0.376 e. The van der Waals surface area contributed by atoms with Gasteiger partial charge in [-0.15, -0.1) is 11.3 Å². The molecule has 7 nitrogen and oxygen atoms in total. The monoisotopic (exact) mass is 325 g/mol. The zero-order valence-electron chi connectivity index (χ0n) is 12.1. The first-order valence-corrected chi connectivity index (χ1v) is 8.00. The maximum Gasteiger partial charge on any atom is 0.261 e. The van der Waals surface area contributed by atoms with Gasteiger partial charge in [-0.2, -0.15) is 0 Å². The van der Waals surface area contributed by atoms with E-state index in [2.05, 4.69) is 16.0 Å². The minimum Gasteiger partial charge on any atom is -0.376 e. The fourth-order valence-electron chi connectivity index (χ4n) is 1.99. The predicted octanol–water partition coefficient (Wildman–Crippen LogP) is -0.111. The molecule has 1 saturated heterocycles. The fraction of sp³-hybridized carbons (Fsp3) is 0.500. The van der Waals surface area contributed by atoms with Gasteiger partial charge in [-0.1, -0.05) is 6.07 Å². The van der Waals surface area contributed by atoms with Gasteiger partial charge in [0.15, 0.2) is 0 Å². The maximum atomic E-state index is 11.6. The van der Waals surface area contributed by atoms with Gasteiger partial charge < -0.3 is 20.7 Å². The van der Waals surface area contributed by atoms with E-state index in [0.29, 0.717) is 11.4 Å². The first kappa shape index (κ1) is 16.4. The number of carbonyl (C=O) groups excluding carboxylic acids is 3. The highest BCUT2D eigenvalue weighted by molar-refractivity contribution is 7.12. The van der Waals surface area contributed by atoms with Crippen LogP contribution in [0.1, 0.15) is 22.5 Å². The summed E-state index contributed by atoms with van der Waals surface area (Å²) in [6, 6.07) is 3.44.